The zero-order valence-corrected chi connectivity index (χ0v) is 11.1. The Kier molecular flexibility index (Phi) is 2.45. The molecule has 0 radical (unpaired) electrons. The molecule has 3 unspecified atom stereocenters. The summed E-state index contributed by atoms with van der Waals surface area (Å²) in [7, 11) is 0. The molecule has 3 nitrogen and oxygen atoms in total. The molecule has 0 heterocycles. The standard InChI is InChI=1S/C15H20O3/c1-8(2)14(17)18-15-6-11-4-10(9(15)3)5-12(7-15)13(11)16/h9-12H,1,4-7H2,2-3H3. The van der Waals surface area contributed by atoms with Crippen molar-refractivity contribution in [3.05, 3.63) is 12.2 Å². The van der Waals surface area contributed by atoms with E-state index in [1.807, 2.05) is 0 Å². The molecule has 3 heteroatoms. The molecular formula is C15H20O3. The summed E-state index contributed by atoms with van der Waals surface area (Å²) in [5.41, 5.74) is 0.0600. The van der Waals surface area contributed by atoms with E-state index in [1.54, 1.807) is 6.92 Å². The van der Waals surface area contributed by atoms with Gasteiger partial charge >= 0.3 is 5.97 Å². The van der Waals surface area contributed by atoms with E-state index in [2.05, 4.69) is 13.5 Å². The van der Waals surface area contributed by atoms with E-state index >= 15 is 0 Å². The normalized spacial score (nSPS) is 45.1. The lowest BCUT2D eigenvalue weighted by Gasteiger charge is -2.58. The van der Waals surface area contributed by atoms with Gasteiger partial charge in [-0.2, -0.15) is 0 Å². The van der Waals surface area contributed by atoms with Crippen LogP contribution in [0.4, 0.5) is 0 Å². The zero-order chi connectivity index (χ0) is 13.1. The van der Waals surface area contributed by atoms with Crippen molar-refractivity contribution in [2.45, 2.75) is 45.1 Å². The van der Waals surface area contributed by atoms with E-state index in [9.17, 15) is 9.59 Å². The maximum atomic E-state index is 12.1. The van der Waals surface area contributed by atoms with Crippen molar-refractivity contribution in [1.29, 1.82) is 0 Å². The molecule has 4 rings (SSSR count). The number of carbonyl (C=O) groups excluding carboxylic acids is 2. The lowest BCUT2D eigenvalue weighted by Crippen LogP contribution is -2.61. The van der Waals surface area contributed by atoms with Gasteiger partial charge in [0.15, 0.2) is 0 Å². The number of hydrogen-bond donors (Lipinski definition) is 0. The second-order valence-electron chi connectivity index (χ2n) is 6.46. The van der Waals surface area contributed by atoms with Crippen molar-refractivity contribution in [3.63, 3.8) is 0 Å². The van der Waals surface area contributed by atoms with Crippen LogP contribution in [0.3, 0.4) is 0 Å². The highest BCUT2D eigenvalue weighted by molar-refractivity contribution is 5.89. The predicted octanol–water partition coefficient (Wildman–Crippen LogP) is 2.50. The molecule has 3 atom stereocenters. The van der Waals surface area contributed by atoms with Crippen LogP contribution in [0.1, 0.15) is 39.5 Å². The van der Waals surface area contributed by atoms with Crippen molar-refractivity contribution in [2.75, 3.05) is 0 Å². The Labute approximate surface area is 108 Å². The van der Waals surface area contributed by atoms with Crippen LogP contribution in [0.2, 0.25) is 0 Å². The number of carbonyl (C=O) groups is 2. The lowest BCUT2D eigenvalue weighted by atomic mass is 9.49. The van der Waals surface area contributed by atoms with Crippen LogP contribution in [-0.2, 0) is 14.3 Å². The third kappa shape index (κ3) is 1.49. The maximum Gasteiger partial charge on any atom is 0.333 e. The zero-order valence-electron chi connectivity index (χ0n) is 11.1. The van der Waals surface area contributed by atoms with Crippen LogP contribution in [0.15, 0.2) is 12.2 Å². The molecule has 0 aliphatic heterocycles. The van der Waals surface area contributed by atoms with Crippen molar-refractivity contribution in [3.8, 4) is 0 Å². The minimum absolute atomic E-state index is 0.136. The third-order valence-electron chi connectivity index (χ3n) is 5.34. The quantitative estimate of drug-likeness (QED) is 0.557. The van der Waals surface area contributed by atoms with Crippen LogP contribution in [0.25, 0.3) is 0 Å². The van der Waals surface area contributed by atoms with E-state index in [4.69, 9.17) is 4.74 Å². The predicted molar refractivity (Wildman–Crippen MR) is 66.7 cm³/mol. The van der Waals surface area contributed by atoms with Gasteiger partial charge in [-0.1, -0.05) is 13.5 Å². The van der Waals surface area contributed by atoms with Gasteiger partial charge in [-0.25, -0.2) is 4.79 Å². The van der Waals surface area contributed by atoms with Crippen LogP contribution >= 0.6 is 0 Å². The highest BCUT2D eigenvalue weighted by atomic mass is 16.6. The first-order valence-corrected chi connectivity index (χ1v) is 6.85. The molecule has 4 bridgehead atoms. The molecule has 0 aromatic rings. The Balaban J connectivity index is 1.89. The molecule has 18 heavy (non-hydrogen) atoms. The number of esters is 1. The van der Waals surface area contributed by atoms with Gasteiger partial charge in [0, 0.05) is 17.4 Å². The third-order valence-corrected chi connectivity index (χ3v) is 5.34. The summed E-state index contributed by atoms with van der Waals surface area (Å²) in [6.07, 6.45) is 3.48. The fourth-order valence-electron chi connectivity index (χ4n) is 4.34. The van der Waals surface area contributed by atoms with Gasteiger partial charge in [-0.05, 0) is 44.4 Å². The van der Waals surface area contributed by atoms with Crippen LogP contribution in [0.5, 0.6) is 0 Å². The molecule has 98 valence electrons. The average molecular weight is 248 g/mol. The summed E-state index contributed by atoms with van der Waals surface area (Å²) < 4.78 is 5.78. The number of ketones is 1. The van der Waals surface area contributed by atoms with Crippen molar-refractivity contribution < 1.29 is 14.3 Å². The molecule has 0 aromatic heterocycles. The lowest BCUT2D eigenvalue weighted by molar-refractivity contribution is -0.201. The largest absolute Gasteiger partial charge is 0.455 e. The number of Topliss-reactive ketones (excluding diaryl/α,β-unsaturated/α-hetero) is 1. The molecule has 4 aliphatic carbocycles. The topological polar surface area (TPSA) is 43.4 Å². The first kappa shape index (κ1) is 11.9. The fraction of sp³-hybridized carbons (Fsp3) is 0.733. The number of ether oxygens (including phenoxy) is 1. The molecule has 0 spiro atoms. The molecule has 4 saturated carbocycles. The minimum atomic E-state index is -0.388. The van der Waals surface area contributed by atoms with E-state index in [0.29, 0.717) is 23.2 Å². The van der Waals surface area contributed by atoms with Crippen molar-refractivity contribution in [2.24, 2.45) is 23.7 Å². The molecular weight excluding hydrogens is 228 g/mol. The van der Waals surface area contributed by atoms with E-state index in [1.165, 1.54) is 0 Å². The van der Waals surface area contributed by atoms with Gasteiger partial charge in [0.25, 0.3) is 0 Å². The van der Waals surface area contributed by atoms with Gasteiger partial charge in [-0.3, -0.25) is 4.79 Å². The minimum Gasteiger partial charge on any atom is -0.455 e. The molecule has 0 aromatic carbocycles. The van der Waals surface area contributed by atoms with E-state index in [0.717, 1.165) is 25.7 Å². The van der Waals surface area contributed by atoms with Gasteiger partial charge < -0.3 is 4.74 Å². The maximum absolute atomic E-state index is 12.1. The monoisotopic (exact) mass is 248 g/mol. The Bertz CT molecular complexity index is 419. The van der Waals surface area contributed by atoms with Crippen molar-refractivity contribution >= 4 is 11.8 Å². The first-order valence-electron chi connectivity index (χ1n) is 6.85. The summed E-state index contributed by atoms with van der Waals surface area (Å²) in [6.45, 7) is 7.51. The highest BCUT2D eigenvalue weighted by Crippen LogP contribution is 2.58. The average Bonchev–Trinajstić information content (AvgIpc) is 2.28. The van der Waals surface area contributed by atoms with E-state index < -0.39 is 0 Å². The Hall–Kier alpha value is -1.12. The smallest absolute Gasteiger partial charge is 0.333 e. The second kappa shape index (κ2) is 3.69. The number of hydrogen-bond acceptors (Lipinski definition) is 3. The van der Waals surface area contributed by atoms with Crippen molar-refractivity contribution in [1.82, 2.24) is 0 Å². The van der Waals surface area contributed by atoms with Gasteiger partial charge in [0.05, 0.1) is 0 Å². The summed E-state index contributed by atoms with van der Waals surface area (Å²) in [6, 6.07) is 0. The second-order valence-corrected chi connectivity index (χ2v) is 6.46. The van der Waals surface area contributed by atoms with Crippen LogP contribution in [0, 0.1) is 23.7 Å². The molecule has 0 N–H and O–H groups in total. The molecule has 4 fully saturated rings. The van der Waals surface area contributed by atoms with Gasteiger partial charge in [0.1, 0.15) is 11.4 Å². The van der Waals surface area contributed by atoms with Crippen LogP contribution in [-0.4, -0.2) is 17.4 Å². The Morgan fingerprint density at radius 2 is 1.89 bits per heavy atom. The summed E-state index contributed by atoms with van der Waals surface area (Å²) in [5.74, 6) is 1.32. The number of rotatable bonds is 2. The first-order chi connectivity index (χ1) is 8.43. The Morgan fingerprint density at radius 1 is 1.33 bits per heavy atom. The molecule has 4 aliphatic rings. The summed E-state index contributed by atoms with van der Waals surface area (Å²) in [5, 5.41) is 0. The molecule has 0 saturated heterocycles. The Morgan fingerprint density at radius 3 is 2.39 bits per heavy atom. The van der Waals surface area contributed by atoms with Gasteiger partial charge in [-0.15, -0.1) is 0 Å². The van der Waals surface area contributed by atoms with Gasteiger partial charge in [0.2, 0.25) is 0 Å². The SMILES string of the molecule is C=C(C)C(=O)OC12CC3CC(CC(C1)C3=O)C2C. The summed E-state index contributed by atoms with van der Waals surface area (Å²) in [4.78, 5) is 23.9. The highest BCUT2D eigenvalue weighted by Gasteiger charge is 2.60. The van der Waals surface area contributed by atoms with Crippen LogP contribution < -0.4 is 0 Å². The fourth-order valence-corrected chi connectivity index (χ4v) is 4.34. The summed E-state index contributed by atoms with van der Waals surface area (Å²) >= 11 is 0. The van der Waals surface area contributed by atoms with E-state index in [-0.39, 0.29) is 23.4 Å². The molecule has 0 amide bonds.